The Hall–Kier alpha value is -2.47. The number of carbonyl (C=O) groups excluding carboxylic acids is 1. The number of benzene rings is 2. The molecule has 0 saturated heterocycles. The summed E-state index contributed by atoms with van der Waals surface area (Å²) in [7, 11) is 0. The van der Waals surface area contributed by atoms with E-state index in [-0.39, 0.29) is 11.7 Å². The fourth-order valence-corrected chi connectivity index (χ4v) is 3.06. The molecule has 3 aromatic rings. The molecule has 1 heterocycles. The third-order valence-corrected chi connectivity index (χ3v) is 4.96. The molecule has 0 atom stereocenters. The van der Waals surface area contributed by atoms with Gasteiger partial charge >= 0.3 is 0 Å². The molecule has 0 spiro atoms. The summed E-state index contributed by atoms with van der Waals surface area (Å²) in [5, 5.41) is 6.95. The van der Waals surface area contributed by atoms with Gasteiger partial charge in [-0.3, -0.25) is 4.79 Å². The highest BCUT2D eigenvalue weighted by molar-refractivity contribution is 9.10. The van der Waals surface area contributed by atoms with E-state index in [1.54, 1.807) is 24.3 Å². The fourth-order valence-electron chi connectivity index (χ4n) is 2.80. The maximum atomic E-state index is 13.9. The quantitative estimate of drug-likeness (QED) is 0.676. The van der Waals surface area contributed by atoms with Gasteiger partial charge in [0.05, 0.1) is 16.7 Å². The van der Waals surface area contributed by atoms with Gasteiger partial charge in [-0.15, -0.1) is 0 Å². The Labute approximate surface area is 152 Å². The maximum absolute atomic E-state index is 13.9. The van der Waals surface area contributed by atoms with Crippen LogP contribution in [0.1, 0.15) is 18.5 Å². The monoisotopic (exact) mass is 400 g/mol. The Morgan fingerprint density at radius 3 is 2.56 bits per heavy atom. The van der Waals surface area contributed by atoms with E-state index in [9.17, 15) is 9.18 Å². The van der Waals surface area contributed by atoms with Crippen LogP contribution in [0.3, 0.4) is 0 Å². The van der Waals surface area contributed by atoms with Gasteiger partial charge in [0.1, 0.15) is 5.82 Å². The highest BCUT2D eigenvalue weighted by Crippen LogP contribution is 2.49. The highest BCUT2D eigenvalue weighted by Gasteiger charge is 2.53. The Morgan fingerprint density at radius 1 is 1.16 bits per heavy atom. The van der Waals surface area contributed by atoms with Crippen LogP contribution in [0.4, 0.5) is 10.1 Å². The van der Waals surface area contributed by atoms with Crippen LogP contribution in [-0.4, -0.2) is 11.1 Å². The number of hydrogen-bond acceptors (Lipinski definition) is 3. The molecule has 1 N–H and O–H groups in total. The molecule has 0 aliphatic heterocycles. The fraction of sp³-hybridized carbons (Fsp3) is 0.158. The zero-order valence-electron chi connectivity index (χ0n) is 13.1. The Balaban J connectivity index is 1.58. The number of aromatic nitrogens is 1. The van der Waals surface area contributed by atoms with Crippen molar-refractivity contribution in [2.75, 3.05) is 5.32 Å². The molecule has 1 aliphatic rings. The summed E-state index contributed by atoms with van der Waals surface area (Å²) in [6, 6.07) is 15.4. The SMILES string of the molecule is O=C(Nc1ccc(Br)cc1)C1(c2cc(-c3ccccc3F)on2)CC1. The summed E-state index contributed by atoms with van der Waals surface area (Å²) in [5.41, 5.74) is 0.906. The second-order valence-electron chi connectivity index (χ2n) is 6.10. The number of anilines is 1. The lowest BCUT2D eigenvalue weighted by molar-refractivity contribution is -0.118. The van der Waals surface area contributed by atoms with E-state index in [1.807, 2.05) is 24.3 Å². The van der Waals surface area contributed by atoms with Crippen LogP contribution >= 0.6 is 15.9 Å². The molecule has 1 saturated carbocycles. The summed E-state index contributed by atoms with van der Waals surface area (Å²) in [6.07, 6.45) is 1.39. The Morgan fingerprint density at radius 2 is 1.88 bits per heavy atom. The van der Waals surface area contributed by atoms with Crippen molar-refractivity contribution in [2.45, 2.75) is 18.3 Å². The number of nitrogens with one attached hydrogen (secondary N) is 1. The van der Waals surface area contributed by atoms with Crippen molar-refractivity contribution in [1.82, 2.24) is 5.16 Å². The van der Waals surface area contributed by atoms with E-state index in [4.69, 9.17) is 4.52 Å². The molecule has 25 heavy (non-hydrogen) atoms. The normalized spacial score (nSPS) is 15.0. The number of rotatable bonds is 4. The molecule has 126 valence electrons. The third-order valence-electron chi connectivity index (χ3n) is 4.43. The second kappa shape index (κ2) is 6.11. The van der Waals surface area contributed by atoms with Crippen molar-refractivity contribution >= 4 is 27.5 Å². The summed E-state index contributed by atoms with van der Waals surface area (Å²) in [6.45, 7) is 0. The van der Waals surface area contributed by atoms with Crippen LogP contribution in [0.15, 0.2) is 63.6 Å². The summed E-state index contributed by atoms with van der Waals surface area (Å²) >= 11 is 3.37. The van der Waals surface area contributed by atoms with Crippen molar-refractivity contribution in [3.05, 3.63) is 70.6 Å². The summed E-state index contributed by atoms with van der Waals surface area (Å²) in [5.74, 6) is -0.173. The standard InChI is InChI=1S/C19H14BrFN2O2/c20-12-5-7-13(8-6-12)22-18(24)19(9-10-19)17-11-16(25-23-17)14-3-1-2-4-15(14)21/h1-8,11H,9-10H2,(H,22,24). The predicted molar refractivity (Wildman–Crippen MR) is 95.6 cm³/mol. The zero-order valence-corrected chi connectivity index (χ0v) is 14.7. The molecule has 1 aromatic heterocycles. The molecule has 6 heteroatoms. The lowest BCUT2D eigenvalue weighted by Crippen LogP contribution is -2.28. The van der Waals surface area contributed by atoms with E-state index >= 15 is 0 Å². The smallest absolute Gasteiger partial charge is 0.236 e. The number of amides is 1. The molecule has 0 bridgehead atoms. The molecule has 4 rings (SSSR count). The number of hydrogen-bond donors (Lipinski definition) is 1. The topological polar surface area (TPSA) is 55.1 Å². The minimum atomic E-state index is -0.694. The van der Waals surface area contributed by atoms with Crippen LogP contribution in [-0.2, 0) is 10.2 Å². The third kappa shape index (κ3) is 2.98. The van der Waals surface area contributed by atoms with Crippen LogP contribution in [0.25, 0.3) is 11.3 Å². The second-order valence-corrected chi connectivity index (χ2v) is 7.02. The molecule has 0 unspecified atom stereocenters. The number of halogens is 2. The first-order valence-electron chi connectivity index (χ1n) is 7.88. The summed E-state index contributed by atoms with van der Waals surface area (Å²) < 4.78 is 20.1. The summed E-state index contributed by atoms with van der Waals surface area (Å²) in [4.78, 5) is 12.7. The van der Waals surface area contributed by atoms with E-state index in [0.29, 0.717) is 29.9 Å². The lowest BCUT2D eigenvalue weighted by Gasteiger charge is -2.12. The van der Waals surface area contributed by atoms with Crippen molar-refractivity contribution in [3.63, 3.8) is 0 Å². The van der Waals surface area contributed by atoms with Gasteiger partial charge in [-0.25, -0.2) is 4.39 Å². The van der Waals surface area contributed by atoms with Gasteiger partial charge in [0.15, 0.2) is 5.76 Å². The van der Waals surface area contributed by atoms with Gasteiger partial charge in [-0.05, 0) is 49.2 Å². The first-order valence-corrected chi connectivity index (χ1v) is 8.67. The highest BCUT2D eigenvalue weighted by atomic mass is 79.9. The first-order chi connectivity index (χ1) is 12.1. The zero-order chi connectivity index (χ0) is 17.4. The van der Waals surface area contributed by atoms with Gasteiger partial charge in [0, 0.05) is 16.2 Å². The van der Waals surface area contributed by atoms with Crippen molar-refractivity contribution in [2.24, 2.45) is 0 Å². The average molecular weight is 401 g/mol. The number of carbonyl (C=O) groups is 1. The molecule has 4 nitrogen and oxygen atoms in total. The molecule has 0 radical (unpaired) electrons. The van der Waals surface area contributed by atoms with Gasteiger partial charge in [0.25, 0.3) is 0 Å². The lowest BCUT2D eigenvalue weighted by atomic mass is 10.00. The van der Waals surface area contributed by atoms with Crippen LogP contribution in [0.5, 0.6) is 0 Å². The van der Waals surface area contributed by atoms with Crippen LogP contribution < -0.4 is 5.32 Å². The van der Waals surface area contributed by atoms with E-state index in [2.05, 4.69) is 26.4 Å². The molecule has 1 amide bonds. The average Bonchev–Trinajstić information content (AvgIpc) is 3.28. The van der Waals surface area contributed by atoms with Crippen molar-refractivity contribution < 1.29 is 13.7 Å². The molecule has 1 aliphatic carbocycles. The number of nitrogens with zero attached hydrogens (tertiary/aromatic N) is 1. The molecular formula is C19H14BrFN2O2. The Kier molecular flexibility index (Phi) is 3.92. The maximum Gasteiger partial charge on any atom is 0.236 e. The van der Waals surface area contributed by atoms with Crippen molar-refractivity contribution in [1.29, 1.82) is 0 Å². The largest absolute Gasteiger partial charge is 0.356 e. The molecular weight excluding hydrogens is 387 g/mol. The van der Waals surface area contributed by atoms with E-state index in [1.165, 1.54) is 6.07 Å². The minimum absolute atomic E-state index is 0.122. The predicted octanol–water partition coefficient (Wildman–Crippen LogP) is 4.91. The first kappa shape index (κ1) is 16.0. The van der Waals surface area contributed by atoms with Gasteiger partial charge in [-0.2, -0.15) is 0 Å². The minimum Gasteiger partial charge on any atom is -0.356 e. The molecule has 1 fully saturated rings. The van der Waals surface area contributed by atoms with E-state index in [0.717, 1.165) is 10.2 Å². The van der Waals surface area contributed by atoms with E-state index < -0.39 is 5.41 Å². The van der Waals surface area contributed by atoms with Gasteiger partial charge < -0.3 is 9.84 Å². The van der Waals surface area contributed by atoms with Crippen LogP contribution in [0.2, 0.25) is 0 Å². The Bertz CT molecular complexity index is 933. The van der Waals surface area contributed by atoms with Gasteiger partial charge in [-0.1, -0.05) is 33.2 Å². The van der Waals surface area contributed by atoms with Gasteiger partial charge in [0.2, 0.25) is 5.91 Å². The molecule has 2 aromatic carbocycles. The van der Waals surface area contributed by atoms with Crippen molar-refractivity contribution in [3.8, 4) is 11.3 Å². The van der Waals surface area contributed by atoms with Crippen LogP contribution in [0, 0.1) is 5.82 Å².